The van der Waals surface area contributed by atoms with Crippen molar-refractivity contribution in [1.29, 1.82) is 0 Å². The van der Waals surface area contributed by atoms with Crippen molar-refractivity contribution >= 4 is 35.7 Å². The van der Waals surface area contributed by atoms with Gasteiger partial charge in [-0.05, 0) is 25.0 Å². The smallest absolute Gasteiger partial charge is 0.225 e. The van der Waals surface area contributed by atoms with Crippen LogP contribution in [0.2, 0.25) is 0 Å². The first-order chi connectivity index (χ1) is 11.1. The standard InChI is InChI=1S/C17H21N5O.HI/c1-4-13-8-15(20-11(2)19-13)21-14-9-16(23)22(3)17(14)12-6-5-7-18-10-12;/h5-8,10,14,17H,4,9H2,1-3H3,(H,19,20,21);1H/t14-,17+;/m1./s1. The normalized spacial score (nSPS) is 20.0. The Balaban J connectivity index is 0.00000208. The van der Waals surface area contributed by atoms with E-state index < -0.39 is 0 Å². The lowest BCUT2D eigenvalue weighted by atomic mass is 10.0. The molecule has 1 fully saturated rings. The van der Waals surface area contributed by atoms with Gasteiger partial charge in [0.1, 0.15) is 11.6 Å². The second kappa shape index (κ2) is 7.87. The molecule has 6 nitrogen and oxygen atoms in total. The minimum atomic E-state index is -0.0449. The largest absolute Gasteiger partial charge is 0.364 e. The maximum absolute atomic E-state index is 12.2. The fourth-order valence-corrected chi connectivity index (χ4v) is 3.08. The highest BCUT2D eigenvalue weighted by atomic mass is 127. The highest BCUT2D eigenvalue weighted by Crippen LogP contribution is 2.33. The molecule has 0 radical (unpaired) electrons. The summed E-state index contributed by atoms with van der Waals surface area (Å²) >= 11 is 0. The van der Waals surface area contributed by atoms with Gasteiger partial charge in [-0.2, -0.15) is 0 Å². The Bertz CT molecular complexity index is 709. The molecular formula is C17H22IN5O. The number of nitrogens with one attached hydrogen (secondary N) is 1. The summed E-state index contributed by atoms with van der Waals surface area (Å²) < 4.78 is 0. The molecule has 1 saturated heterocycles. The highest BCUT2D eigenvalue weighted by molar-refractivity contribution is 14.0. The molecule has 0 bridgehead atoms. The fraction of sp³-hybridized carbons (Fsp3) is 0.412. The Kier molecular flexibility index (Phi) is 6.09. The summed E-state index contributed by atoms with van der Waals surface area (Å²) in [4.78, 5) is 27.0. The van der Waals surface area contributed by atoms with E-state index in [-0.39, 0.29) is 42.0 Å². The molecule has 1 aliphatic heterocycles. The van der Waals surface area contributed by atoms with Crippen LogP contribution in [-0.4, -0.2) is 38.8 Å². The molecule has 2 aromatic heterocycles. The van der Waals surface area contributed by atoms with Crippen molar-refractivity contribution in [2.45, 2.75) is 38.8 Å². The molecule has 2 aromatic rings. The van der Waals surface area contributed by atoms with Gasteiger partial charge in [0, 0.05) is 37.6 Å². The number of nitrogens with zero attached hydrogens (tertiary/aromatic N) is 4. The third-order valence-electron chi connectivity index (χ3n) is 4.20. The topological polar surface area (TPSA) is 71.0 Å². The Labute approximate surface area is 159 Å². The number of likely N-dealkylation sites (N-methyl/N-ethyl adjacent to an activating group) is 1. The number of hydrogen-bond acceptors (Lipinski definition) is 5. The van der Waals surface area contributed by atoms with E-state index in [1.807, 2.05) is 38.4 Å². The van der Waals surface area contributed by atoms with Gasteiger partial charge in [0.25, 0.3) is 0 Å². The number of halogens is 1. The third kappa shape index (κ3) is 3.82. The van der Waals surface area contributed by atoms with Gasteiger partial charge >= 0.3 is 0 Å². The third-order valence-corrected chi connectivity index (χ3v) is 4.20. The highest BCUT2D eigenvalue weighted by Gasteiger charge is 2.38. The Morgan fingerprint density at radius 2 is 2.17 bits per heavy atom. The van der Waals surface area contributed by atoms with Gasteiger partial charge in [0.2, 0.25) is 5.91 Å². The maximum atomic E-state index is 12.2. The molecule has 3 heterocycles. The molecule has 3 rings (SSSR count). The molecule has 2 atom stereocenters. The minimum Gasteiger partial charge on any atom is -0.364 e. The van der Waals surface area contributed by atoms with Crippen molar-refractivity contribution in [3.05, 3.63) is 47.7 Å². The van der Waals surface area contributed by atoms with Crippen LogP contribution in [0.1, 0.15) is 36.5 Å². The van der Waals surface area contributed by atoms with Gasteiger partial charge in [0.05, 0.1) is 12.1 Å². The first kappa shape index (κ1) is 18.6. The Morgan fingerprint density at radius 1 is 1.38 bits per heavy atom. The van der Waals surface area contributed by atoms with Crippen molar-refractivity contribution in [3.63, 3.8) is 0 Å². The van der Waals surface area contributed by atoms with Crippen LogP contribution < -0.4 is 5.32 Å². The van der Waals surface area contributed by atoms with Gasteiger partial charge in [0.15, 0.2) is 0 Å². The Hall–Kier alpha value is -1.77. The van der Waals surface area contributed by atoms with E-state index in [0.29, 0.717) is 6.42 Å². The fourth-order valence-electron chi connectivity index (χ4n) is 3.08. The summed E-state index contributed by atoms with van der Waals surface area (Å²) in [7, 11) is 1.84. The van der Waals surface area contributed by atoms with Crippen LogP contribution in [0.25, 0.3) is 0 Å². The SMILES string of the molecule is CCc1cc(N[C@@H]2CC(=O)N(C)[C@H]2c2cccnc2)nc(C)n1.I. The van der Waals surface area contributed by atoms with Crippen molar-refractivity contribution in [2.24, 2.45) is 0 Å². The summed E-state index contributed by atoms with van der Waals surface area (Å²) in [6.07, 6.45) is 4.86. The minimum absolute atomic E-state index is 0. The number of anilines is 1. The number of pyridine rings is 1. The van der Waals surface area contributed by atoms with Gasteiger partial charge in [-0.3, -0.25) is 9.78 Å². The van der Waals surface area contributed by atoms with Crippen LogP contribution in [0.4, 0.5) is 5.82 Å². The maximum Gasteiger partial charge on any atom is 0.225 e. The average Bonchev–Trinajstić information content (AvgIpc) is 2.82. The lowest BCUT2D eigenvalue weighted by Crippen LogP contribution is -2.30. The molecule has 0 aliphatic carbocycles. The molecule has 24 heavy (non-hydrogen) atoms. The Morgan fingerprint density at radius 3 is 2.83 bits per heavy atom. The van der Waals surface area contributed by atoms with Crippen molar-refractivity contribution in [2.75, 3.05) is 12.4 Å². The van der Waals surface area contributed by atoms with Gasteiger partial charge in [-0.15, -0.1) is 24.0 Å². The molecule has 1 N–H and O–H groups in total. The van der Waals surface area contributed by atoms with E-state index in [2.05, 4.69) is 27.2 Å². The first-order valence-electron chi connectivity index (χ1n) is 7.85. The number of carbonyl (C=O) groups excluding carboxylic acids is 1. The van der Waals surface area contributed by atoms with Gasteiger partial charge in [-0.1, -0.05) is 13.0 Å². The summed E-state index contributed by atoms with van der Waals surface area (Å²) in [5.74, 6) is 1.64. The molecule has 1 amide bonds. The number of hydrogen-bond donors (Lipinski definition) is 1. The van der Waals surface area contributed by atoms with Crippen LogP contribution in [0.5, 0.6) is 0 Å². The van der Waals surface area contributed by atoms with E-state index >= 15 is 0 Å². The second-order valence-corrected chi connectivity index (χ2v) is 5.84. The number of aromatic nitrogens is 3. The number of likely N-dealkylation sites (tertiary alicyclic amines) is 1. The number of aryl methyl sites for hydroxylation is 2. The molecule has 1 aliphatic rings. The van der Waals surface area contributed by atoms with Crippen LogP contribution in [-0.2, 0) is 11.2 Å². The lowest BCUT2D eigenvalue weighted by molar-refractivity contribution is -0.127. The van der Waals surface area contributed by atoms with Crippen molar-refractivity contribution in [1.82, 2.24) is 19.9 Å². The summed E-state index contributed by atoms with van der Waals surface area (Å²) in [5, 5.41) is 3.42. The van der Waals surface area contributed by atoms with Crippen molar-refractivity contribution < 1.29 is 4.79 Å². The molecule has 128 valence electrons. The van der Waals surface area contributed by atoms with Gasteiger partial charge in [-0.25, -0.2) is 9.97 Å². The second-order valence-electron chi connectivity index (χ2n) is 5.84. The van der Waals surface area contributed by atoms with E-state index in [9.17, 15) is 4.79 Å². The number of carbonyl (C=O) groups is 1. The first-order valence-corrected chi connectivity index (χ1v) is 7.85. The molecular weight excluding hydrogens is 417 g/mol. The van der Waals surface area contributed by atoms with E-state index in [0.717, 1.165) is 29.3 Å². The number of amides is 1. The quantitative estimate of drug-likeness (QED) is 0.743. The van der Waals surface area contributed by atoms with Crippen LogP contribution in [0, 0.1) is 6.92 Å². The molecule has 0 saturated carbocycles. The zero-order chi connectivity index (χ0) is 16.4. The summed E-state index contributed by atoms with van der Waals surface area (Å²) in [6, 6.07) is 5.78. The predicted octanol–water partition coefficient (Wildman–Crippen LogP) is 2.74. The van der Waals surface area contributed by atoms with E-state index in [4.69, 9.17) is 0 Å². The van der Waals surface area contributed by atoms with Crippen LogP contribution in [0.3, 0.4) is 0 Å². The predicted molar refractivity (Wildman–Crippen MR) is 103 cm³/mol. The lowest BCUT2D eigenvalue weighted by Gasteiger charge is -2.26. The molecule has 0 unspecified atom stereocenters. The van der Waals surface area contributed by atoms with Crippen molar-refractivity contribution in [3.8, 4) is 0 Å². The van der Waals surface area contributed by atoms with Crippen LogP contribution in [0.15, 0.2) is 30.6 Å². The summed E-state index contributed by atoms with van der Waals surface area (Å²) in [5.41, 5.74) is 2.02. The average molecular weight is 439 g/mol. The van der Waals surface area contributed by atoms with Crippen LogP contribution >= 0.6 is 24.0 Å². The van der Waals surface area contributed by atoms with E-state index in [1.165, 1.54) is 0 Å². The summed E-state index contributed by atoms with van der Waals surface area (Å²) in [6.45, 7) is 3.95. The number of rotatable bonds is 4. The van der Waals surface area contributed by atoms with Gasteiger partial charge < -0.3 is 10.2 Å². The zero-order valence-electron chi connectivity index (χ0n) is 14.1. The van der Waals surface area contributed by atoms with E-state index in [1.54, 1.807) is 11.1 Å². The molecule has 0 spiro atoms. The monoisotopic (exact) mass is 439 g/mol. The molecule has 7 heteroatoms. The zero-order valence-corrected chi connectivity index (χ0v) is 16.4. The molecule has 0 aromatic carbocycles.